The number of pyridine rings is 1. The highest BCUT2D eigenvalue weighted by atomic mass is 19.1. The highest BCUT2D eigenvalue weighted by Gasteiger charge is 2.21. The van der Waals surface area contributed by atoms with Crippen LogP contribution in [0.1, 0.15) is 39.8 Å². The van der Waals surface area contributed by atoms with Gasteiger partial charge in [-0.25, -0.2) is 27.9 Å². The SMILES string of the molecule is CO[C@H](C)Cn1c(Cc2cc(F)c(-c3cccc(OCc4ccc(C#N)cc4)n3)cc2F)nc2c(F)cc(C(=O)O)cc21. The zero-order valence-electron chi connectivity index (χ0n) is 23.1. The maximum Gasteiger partial charge on any atom is 0.335 e. The van der Waals surface area contributed by atoms with Gasteiger partial charge < -0.3 is 19.1 Å². The summed E-state index contributed by atoms with van der Waals surface area (Å²) in [4.78, 5) is 20.2. The number of benzene rings is 3. The highest BCUT2D eigenvalue weighted by Crippen LogP contribution is 2.29. The third-order valence-electron chi connectivity index (χ3n) is 6.93. The number of hydrogen-bond donors (Lipinski definition) is 1. The van der Waals surface area contributed by atoms with Crippen molar-refractivity contribution in [2.45, 2.75) is 32.6 Å². The van der Waals surface area contributed by atoms with Gasteiger partial charge in [-0.05, 0) is 60.5 Å². The van der Waals surface area contributed by atoms with E-state index in [0.717, 1.165) is 23.8 Å². The lowest BCUT2D eigenvalue weighted by Crippen LogP contribution is -2.17. The standard InChI is InChI=1S/C32H25F3N4O4/c1-18(42-2)16-39-28-12-22(32(40)41)11-26(35)31(28)38-29(39)13-21-10-25(34)23(14-24(21)33)27-4-3-5-30(37-27)43-17-20-8-6-19(15-36)7-9-20/h3-12,14,18H,13,16-17H2,1-2H3,(H,40,41)/t18-/m1/s1. The van der Waals surface area contributed by atoms with Crippen LogP contribution in [0.5, 0.6) is 5.88 Å². The van der Waals surface area contributed by atoms with Gasteiger partial charge in [-0.1, -0.05) is 18.2 Å². The van der Waals surface area contributed by atoms with Crippen LogP contribution in [0.2, 0.25) is 0 Å². The molecule has 0 aliphatic rings. The Morgan fingerprint density at radius 3 is 2.49 bits per heavy atom. The van der Waals surface area contributed by atoms with E-state index in [9.17, 15) is 14.3 Å². The molecule has 0 saturated carbocycles. The third kappa shape index (κ3) is 6.34. The number of nitriles is 1. The van der Waals surface area contributed by atoms with E-state index in [0.29, 0.717) is 5.56 Å². The number of carboxylic acid groups (broad SMARTS) is 1. The number of fused-ring (bicyclic) bond motifs is 1. The van der Waals surface area contributed by atoms with Crippen molar-refractivity contribution in [1.82, 2.24) is 14.5 Å². The fraction of sp³-hybridized carbons (Fsp3) is 0.188. The van der Waals surface area contributed by atoms with Crippen molar-refractivity contribution in [2.75, 3.05) is 7.11 Å². The highest BCUT2D eigenvalue weighted by molar-refractivity contribution is 5.92. The Kier molecular flexibility index (Phi) is 8.41. The second-order valence-corrected chi connectivity index (χ2v) is 9.87. The van der Waals surface area contributed by atoms with Crippen LogP contribution in [0.25, 0.3) is 22.3 Å². The van der Waals surface area contributed by atoms with E-state index in [-0.39, 0.29) is 70.8 Å². The molecule has 0 bridgehead atoms. The van der Waals surface area contributed by atoms with Crippen molar-refractivity contribution in [3.63, 3.8) is 0 Å². The Morgan fingerprint density at radius 1 is 1.02 bits per heavy atom. The number of methoxy groups -OCH3 is 1. The van der Waals surface area contributed by atoms with E-state index < -0.39 is 23.4 Å². The molecule has 43 heavy (non-hydrogen) atoms. The Hall–Kier alpha value is -5.21. The maximum atomic E-state index is 15.4. The molecule has 0 aliphatic heterocycles. The van der Waals surface area contributed by atoms with E-state index in [2.05, 4.69) is 9.97 Å². The first-order valence-electron chi connectivity index (χ1n) is 13.2. The predicted octanol–water partition coefficient (Wildman–Crippen LogP) is 6.29. The van der Waals surface area contributed by atoms with Gasteiger partial charge in [0.2, 0.25) is 5.88 Å². The summed E-state index contributed by atoms with van der Waals surface area (Å²) in [5.41, 5.74) is 1.23. The predicted molar refractivity (Wildman–Crippen MR) is 151 cm³/mol. The van der Waals surface area contributed by atoms with E-state index in [1.165, 1.54) is 19.2 Å². The van der Waals surface area contributed by atoms with Crippen molar-refractivity contribution >= 4 is 17.0 Å². The molecule has 8 nitrogen and oxygen atoms in total. The molecule has 3 aromatic carbocycles. The molecule has 5 aromatic rings. The van der Waals surface area contributed by atoms with Gasteiger partial charge in [-0.3, -0.25) is 0 Å². The average Bonchev–Trinajstić information content (AvgIpc) is 3.34. The topological polar surface area (TPSA) is 110 Å². The van der Waals surface area contributed by atoms with Crippen LogP contribution in [0, 0.1) is 28.8 Å². The molecule has 1 N–H and O–H groups in total. The largest absolute Gasteiger partial charge is 0.478 e. The van der Waals surface area contributed by atoms with Crippen molar-refractivity contribution in [3.8, 4) is 23.2 Å². The number of rotatable bonds is 10. The molecule has 0 saturated heterocycles. The second-order valence-electron chi connectivity index (χ2n) is 9.87. The molecule has 0 spiro atoms. The summed E-state index contributed by atoms with van der Waals surface area (Å²) in [6, 6.07) is 17.8. The summed E-state index contributed by atoms with van der Waals surface area (Å²) in [5.74, 6) is -3.20. The van der Waals surface area contributed by atoms with Crippen molar-refractivity contribution in [2.24, 2.45) is 0 Å². The summed E-state index contributed by atoms with van der Waals surface area (Å²) in [6.45, 7) is 2.10. The number of carboxylic acids is 1. The number of ether oxygens (including phenoxy) is 2. The van der Waals surface area contributed by atoms with Gasteiger partial charge >= 0.3 is 5.97 Å². The van der Waals surface area contributed by atoms with Crippen molar-refractivity contribution in [1.29, 1.82) is 5.26 Å². The molecule has 0 radical (unpaired) electrons. The molecule has 0 unspecified atom stereocenters. The first-order chi connectivity index (χ1) is 20.7. The van der Waals surface area contributed by atoms with E-state index in [4.69, 9.17) is 14.7 Å². The van der Waals surface area contributed by atoms with Crippen LogP contribution in [0.3, 0.4) is 0 Å². The van der Waals surface area contributed by atoms with Crippen LogP contribution >= 0.6 is 0 Å². The van der Waals surface area contributed by atoms with E-state index in [1.54, 1.807) is 47.9 Å². The normalized spacial score (nSPS) is 11.8. The Labute approximate surface area is 244 Å². The smallest absolute Gasteiger partial charge is 0.335 e. The van der Waals surface area contributed by atoms with Crippen LogP contribution < -0.4 is 4.74 Å². The van der Waals surface area contributed by atoms with E-state index >= 15 is 8.78 Å². The number of hydrogen-bond acceptors (Lipinski definition) is 6. The zero-order valence-corrected chi connectivity index (χ0v) is 23.1. The van der Waals surface area contributed by atoms with Gasteiger partial charge in [-0.2, -0.15) is 5.26 Å². The van der Waals surface area contributed by atoms with Crippen LogP contribution in [0.4, 0.5) is 13.2 Å². The van der Waals surface area contributed by atoms with Gasteiger partial charge in [0.1, 0.15) is 29.6 Å². The Bertz CT molecular complexity index is 1870. The number of imidazole rings is 1. The lowest BCUT2D eigenvalue weighted by atomic mass is 10.0. The summed E-state index contributed by atoms with van der Waals surface area (Å²) >= 11 is 0. The molecule has 2 heterocycles. The average molecular weight is 587 g/mol. The Balaban J connectivity index is 1.44. The Morgan fingerprint density at radius 2 is 1.79 bits per heavy atom. The maximum absolute atomic E-state index is 15.4. The fourth-order valence-corrected chi connectivity index (χ4v) is 4.59. The number of aromatic nitrogens is 3. The molecule has 11 heteroatoms. The zero-order chi connectivity index (χ0) is 30.7. The number of aromatic carboxylic acids is 1. The minimum atomic E-state index is -1.31. The summed E-state index contributed by atoms with van der Waals surface area (Å²) in [5, 5.41) is 18.3. The second kappa shape index (κ2) is 12.3. The first-order valence-corrected chi connectivity index (χ1v) is 13.2. The quantitative estimate of drug-likeness (QED) is 0.205. The van der Waals surface area contributed by atoms with Gasteiger partial charge in [0.15, 0.2) is 5.82 Å². The van der Waals surface area contributed by atoms with E-state index in [1.807, 2.05) is 6.07 Å². The lowest BCUT2D eigenvalue weighted by Gasteiger charge is -2.15. The van der Waals surface area contributed by atoms with Gasteiger partial charge in [0, 0.05) is 25.2 Å². The summed E-state index contributed by atoms with van der Waals surface area (Å²) in [7, 11) is 1.49. The number of halogens is 3. The molecule has 0 aliphatic carbocycles. The molecular weight excluding hydrogens is 561 g/mol. The minimum absolute atomic E-state index is 0.0324. The van der Waals surface area contributed by atoms with Crippen molar-refractivity contribution in [3.05, 3.63) is 112 Å². The van der Waals surface area contributed by atoms with Crippen LogP contribution in [-0.4, -0.2) is 38.8 Å². The number of carbonyl (C=O) groups is 1. The molecule has 218 valence electrons. The molecular formula is C32H25F3N4O4. The molecule has 5 rings (SSSR count). The molecule has 0 amide bonds. The van der Waals surface area contributed by atoms with Crippen LogP contribution in [0.15, 0.2) is 66.7 Å². The first kappa shape index (κ1) is 29.3. The molecule has 1 atom stereocenters. The fourth-order valence-electron chi connectivity index (χ4n) is 4.59. The van der Waals surface area contributed by atoms with Crippen LogP contribution in [-0.2, 0) is 24.3 Å². The van der Waals surface area contributed by atoms with Gasteiger partial charge in [0.25, 0.3) is 0 Å². The summed E-state index contributed by atoms with van der Waals surface area (Å²) < 4.78 is 58.3. The monoisotopic (exact) mass is 586 g/mol. The third-order valence-corrected chi connectivity index (χ3v) is 6.93. The molecule has 2 aromatic heterocycles. The van der Waals surface area contributed by atoms with Crippen molar-refractivity contribution < 1.29 is 32.5 Å². The minimum Gasteiger partial charge on any atom is -0.478 e. The molecule has 0 fully saturated rings. The van der Waals surface area contributed by atoms with Gasteiger partial charge in [-0.15, -0.1) is 0 Å². The van der Waals surface area contributed by atoms with Gasteiger partial charge in [0.05, 0.1) is 41.1 Å². The number of nitrogens with zero attached hydrogens (tertiary/aromatic N) is 4. The lowest BCUT2D eigenvalue weighted by molar-refractivity contribution is 0.0696. The summed E-state index contributed by atoms with van der Waals surface area (Å²) in [6.07, 6.45) is -0.564.